The van der Waals surface area contributed by atoms with Crippen LogP contribution in [0, 0.1) is 0 Å². The van der Waals surface area contributed by atoms with Crippen LogP contribution in [0.1, 0.15) is 26.2 Å². The van der Waals surface area contributed by atoms with Crippen LogP contribution in [0.3, 0.4) is 0 Å². The highest BCUT2D eigenvalue weighted by Crippen LogP contribution is 2.07. The summed E-state index contributed by atoms with van der Waals surface area (Å²) in [5.74, 6) is 0.741. The fourth-order valence-electron chi connectivity index (χ4n) is 2.26. The molecule has 0 aromatic rings. The SMILES string of the molecule is CCNC(=NCCNS(C)(=O)=O)NCCN1CCCCC1.I. The van der Waals surface area contributed by atoms with Gasteiger partial charge in [0.25, 0.3) is 0 Å². The van der Waals surface area contributed by atoms with E-state index in [1.54, 1.807) is 0 Å². The molecule has 9 heteroatoms. The second-order valence-corrected chi connectivity index (χ2v) is 7.09. The van der Waals surface area contributed by atoms with Crippen LogP contribution in [0.15, 0.2) is 4.99 Å². The van der Waals surface area contributed by atoms with Gasteiger partial charge in [-0.05, 0) is 32.9 Å². The molecular weight excluding hydrogens is 417 g/mol. The highest BCUT2D eigenvalue weighted by molar-refractivity contribution is 14.0. The van der Waals surface area contributed by atoms with Crippen molar-refractivity contribution in [2.45, 2.75) is 26.2 Å². The number of hydrogen-bond donors (Lipinski definition) is 3. The number of halogens is 1. The van der Waals surface area contributed by atoms with Gasteiger partial charge < -0.3 is 15.5 Å². The lowest BCUT2D eigenvalue weighted by Gasteiger charge is -2.26. The van der Waals surface area contributed by atoms with Crippen molar-refractivity contribution >= 4 is 40.0 Å². The van der Waals surface area contributed by atoms with E-state index in [0.717, 1.165) is 31.8 Å². The quantitative estimate of drug-likeness (QED) is 0.214. The summed E-state index contributed by atoms with van der Waals surface area (Å²) in [5, 5.41) is 6.45. The average Bonchev–Trinajstić information content (AvgIpc) is 2.43. The molecule has 0 aromatic heterocycles. The molecule has 1 rings (SSSR count). The van der Waals surface area contributed by atoms with Crippen LogP contribution in [0.25, 0.3) is 0 Å². The van der Waals surface area contributed by atoms with Gasteiger partial charge in [-0.3, -0.25) is 4.99 Å². The Morgan fingerprint density at radius 2 is 1.82 bits per heavy atom. The van der Waals surface area contributed by atoms with Crippen LogP contribution >= 0.6 is 24.0 Å². The van der Waals surface area contributed by atoms with Gasteiger partial charge in [0.15, 0.2) is 5.96 Å². The Morgan fingerprint density at radius 3 is 2.41 bits per heavy atom. The molecule has 0 amide bonds. The van der Waals surface area contributed by atoms with Crippen molar-refractivity contribution < 1.29 is 8.42 Å². The van der Waals surface area contributed by atoms with Crippen molar-refractivity contribution in [2.24, 2.45) is 4.99 Å². The zero-order chi connectivity index (χ0) is 15.6. The Labute approximate surface area is 151 Å². The normalized spacial score (nSPS) is 16.9. The van der Waals surface area contributed by atoms with Crippen molar-refractivity contribution in [1.29, 1.82) is 0 Å². The molecule has 7 nitrogen and oxygen atoms in total. The molecule has 1 aliphatic heterocycles. The first kappa shape index (κ1) is 21.9. The maximum atomic E-state index is 11.0. The summed E-state index contributed by atoms with van der Waals surface area (Å²) >= 11 is 0. The van der Waals surface area contributed by atoms with Gasteiger partial charge in [0.05, 0.1) is 12.8 Å². The van der Waals surface area contributed by atoms with Crippen molar-refractivity contribution in [3.63, 3.8) is 0 Å². The monoisotopic (exact) mass is 447 g/mol. The Bertz CT molecular complexity index is 411. The van der Waals surface area contributed by atoms with E-state index in [2.05, 4.69) is 25.2 Å². The number of hydrogen-bond acceptors (Lipinski definition) is 4. The van der Waals surface area contributed by atoms with Gasteiger partial charge in [-0.2, -0.15) is 0 Å². The van der Waals surface area contributed by atoms with Crippen LogP contribution in [0.2, 0.25) is 0 Å². The van der Waals surface area contributed by atoms with E-state index in [9.17, 15) is 8.42 Å². The summed E-state index contributed by atoms with van der Waals surface area (Å²) in [6.45, 7) is 7.79. The van der Waals surface area contributed by atoms with Gasteiger partial charge in [0.1, 0.15) is 0 Å². The fraction of sp³-hybridized carbons (Fsp3) is 0.923. The molecule has 0 atom stereocenters. The molecule has 0 unspecified atom stereocenters. The van der Waals surface area contributed by atoms with Gasteiger partial charge >= 0.3 is 0 Å². The molecule has 0 saturated carbocycles. The Hall–Kier alpha value is -0.130. The molecule has 1 heterocycles. The molecule has 1 aliphatic rings. The Kier molecular flexibility index (Phi) is 12.2. The number of nitrogens with one attached hydrogen (secondary N) is 3. The Morgan fingerprint density at radius 1 is 1.14 bits per heavy atom. The molecule has 0 aromatic carbocycles. The summed E-state index contributed by atoms with van der Waals surface area (Å²) in [6.07, 6.45) is 5.09. The first-order chi connectivity index (χ1) is 10.0. The number of guanidine groups is 1. The standard InChI is InChI=1S/C13H29N5O2S.HI/c1-3-14-13(15-7-8-17-21(2,19)20)16-9-12-18-10-5-4-6-11-18;/h17H,3-12H2,1-2H3,(H2,14,15,16);1H. The molecular formula is C13H30IN5O2S. The number of rotatable bonds is 8. The van der Waals surface area contributed by atoms with Crippen molar-refractivity contribution in [2.75, 3.05) is 52.1 Å². The smallest absolute Gasteiger partial charge is 0.208 e. The van der Waals surface area contributed by atoms with Crippen LogP contribution < -0.4 is 15.4 Å². The third-order valence-corrected chi connectivity index (χ3v) is 3.99. The number of aliphatic imine (C=N–C) groups is 1. The highest BCUT2D eigenvalue weighted by atomic mass is 127. The maximum Gasteiger partial charge on any atom is 0.208 e. The van der Waals surface area contributed by atoms with E-state index in [1.165, 1.54) is 32.4 Å². The second kappa shape index (κ2) is 12.3. The first-order valence-corrected chi connectivity index (χ1v) is 9.59. The molecule has 0 bridgehead atoms. The van der Waals surface area contributed by atoms with Gasteiger partial charge in [-0.25, -0.2) is 13.1 Å². The van der Waals surface area contributed by atoms with E-state index >= 15 is 0 Å². The minimum Gasteiger partial charge on any atom is -0.357 e. The third-order valence-electron chi connectivity index (χ3n) is 3.26. The van der Waals surface area contributed by atoms with Gasteiger partial charge in [-0.15, -0.1) is 24.0 Å². The zero-order valence-electron chi connectivity index (χ0n) is 13.6. The lowest BCUT2D eigenvalue weighted by molar-refractivity contribution is 0.232. The zero-order valence-corrected chi connectivity index (χ0v) is 16.7. The molecule has 22 heavy (non-hydrogen) atoms. The minimum absolute atomic E-state index is 0. The Balaban J connectivity index is 0.00000441. The lowest BCUT2D eigenvalue weighted by Crippen LogP contribution is -2.43. The second-order valence-electron chi connectivity index (χ2n) is 5.26. The summed E-state index contributed by atoms with van der Waals surface area (Å²) in [4.78, 5) is 6.81. The maximum absolute atomic E-state index is 11.0. The molecule has 0 spiro atoms. The topological polar surface area (TPSA) is 85.8 Å². The van der Waals surface area contributed by atoms with Gasteiger partial charge in [0, 0.05) is 26.2 Å². The predicted molar refractivity (Wildman–Crippen MR) is 103 cm³/mol. The van der Waals surface area contributed by atoms with E-state index in [4.69, 9.17) is 0 Å². The highest BCUT2D eigenvalue weighted by Gasteiger charge is 2.09. The molecule has 1 fully saturated rings. The number of sulfonamides is 1. The number of likely N-dealkylation sites (tertiary alicyclic amines) is 1. The third kappa shape index (κ3) is 11.4. The van der Waals surface area contributed by atoms with Crippen LogP contribution in [0.4, 0.5) is 0 Å². The first-order valence-electron chi connectivity index (χ1n) is 7.70. The van der Waals surface area contributed by atoms with E-state index in [-0.39, 0.29) is 24.0 Å². The van der Waals surface area contributed by atoms with Gasteiger partial charge in [0.2, 0.25) is 10.0 Å². The van der Waals surface area contributed by atoms with E-state index in [0.29, 0.717) is 13.1 Å². The molecule has 0 aliphatic carbocycles. The molecule has 3 N–H and O–H groups in total. The largest absolute Gasteiger partial charge is 0.357 e. The van der Waals surface area contributed by atoms with Crippen LogP contribution in [-0.4, -0.2) is 71.3 Å². The van der Waals surface area contributed by atoms with E-state index in [1.807, 2.05) is 6.92 Å². The van der Waals surface area contributed by atoms with Crippen molar-refractivity contribution in [1.82, 2.24) is 20.3 Å². The fourth-order valence-corrected chi connectivity index (χ4v) is 2.72. The predicted octanol–water partition coefficient (Wildman–Crippen LogP) is 0.195. The lowest BCUT2D eigenvalue weighted by atomic mass is 10.1. The van der Waals surface area contributed by atoms with Gasteiger partial charge in [-0.1, -0.05) is 6.42 Å². The minimum atomic E-state index is -3.13. The average molecular weight is 447 g/mol. The van der Waals surface area contributed by atoms with Crippen LogP contribution in [-0.2, 0) is 10.0 Å². The molecule has 0 radical (unpaired) electrons. The number of piperidine rings is 1. The summed E-state index contributed by atoms with van der Waals surface area (Å²) in [7, 11) is -3.13. The van der Waals surface area contributed by atoms with Crippen molar-refractivity contribution in [3.05, 3.63) is 0 Å². The number of nitrogens with zero attached hydrogens (tertiary/aromatic N) is 2. The van der Waals surface area contributed by atoms with Crippen molar-refractivity contribution in [3.8, 4) is 0 Å². The molecule has 132 valence electrons. The molecule has 1 saturated heterocycles. The summed E-state index contributed by atoms with van der Waals surface area (Å²) in [5.41, 5.74) is 0. The summed E-state index contributed by atoms with van der Waals surface area (Å²) < 4.78 is 24.3. The summed E-state index contributed by atoms with van der Waals surface area (Å²) in [6, 6.07) is 0. The van der Waals surface area contributed by atoms with Crippen LogP contribution in [0.5, 0.6) is 0 Å². The van der Waals surface area contributed by atoms with E-state index < -0.39 is 10.0 Å².